The number of aliphatic hydroxyl groups excluding tert-OH is 1. The average Bonchev–Trinajstić information content (AvgIpc) is 2.59. The molecule has 0 saturated heterocycles. The molecule has 3 heteroatoms. The first-order valence-corrected chi connectivity index (χ1v) is 6.67. The molecule has 2 saturated carbocycles. The van der Waals surface area contributed by atoms with E-state index in [-0.39, 0.29) is 17.1 Å². The Labute approximate surface area is 107 Å². The van der Waals surface area contributed by atoms with Crippen molar-refractivity contribution in [2.75, 3.05) is 0 Å². The summed E-state index contributed by atoms with van der Waals surface area (Å²) in [6, 6.07) is 0. The van der Waals surface area contributed by atoms with Gasteiger partial charge in [-0.25, -0.2) is 0 Å². The number of carbonyl (C=O) groups excluding carboxylic acids is 1. The number of ketones is 1. The standard InChI is InChI=1S/C15H20O3/c1-8-4-5-14-9(2)6-12(16)15(18,7-11(8)14)10(3)13(14)17/h6,8,11,13,17-18H,3-5,7H2,1-2H3/t8-,11-,13+,14-,15-/m0/s1. The number of rotatable bonds is 0. The maximum absolute atomic E-state index is 12.2. The van der Waals surface area contributed by atoms with Gasteiger partial charge in [0.05, 0.1) is 6.10 Å². The molecule has 0 heterocycles. The molecule has 2 N–H and O–H groups in total. The molecule has 0 amide bonds. The Morgan fingerprint density at radius 3 is 2.83 bits per heavy atom. The van der Waals surface area contributed by atoms with E-state index < -0.39 is 11.7 Å². The molecule has 4 rings (SSSR count). The normalized spacial score (nSPS) is 51.1. The fraction of sp³-hybridized carbons (Fsp3) is 0.667. The van der Waals surface area contributed by atoms with Crippen molar-refractivity contribution in [3.8, 4) is 0 Å². The zero-order chi connectivity index (χ0) is 13.3. The van der Waals surface area contributed by atoms with Gasteiger partial charge in [-0.2, -0.15) is 0 Å². The lowest BCUT2D eigenvalue weighted by Crippen LogP contribution is -2.55. The van der Waals surface area contributed by atoms with Crippen LogP contribution in [0.25, 0.3) is 0 Å². The van der Waals surface area contributed by atoms with E-state index in [1.54, 1.807) is 6.08 Å². The van der Waals surface area contributed by atoms with Gasteiger partial charge in [0, 0.05) is 5.41 Å². The quantitative estimate of drug-likeness (QED) is 0.640. The van der Waals surface area contributed by atoms with E-state index in [0.717, 1.165) is 18.4 Å². The fourth-order valence-corrected chi connectivity index (χ4v) is 4.48. The molecule has 3 nitrogen and oxygen atoms in total. The first-order chi connectivity index (χ1) is 8.34. The third-order valence-electron chi connectivity index (χ3n) is 5.72. The predicted octanol–water partition coefficient (Wildman–Crippen LogP) is 1.60. The van der Waals surface area contributed by atoms with Crippen molar-refractivity contribution in [3.05, 3.63) is 23.8 Å². The van der Waals surface area contributed by atoms with Crippen LogP contribution in [0, 0.1) is 17.3 Å². The summed E-state index contributed by atoms with van der Waals surface area (Å²) >= 11 is 0. The smallest absolute Gasteiger partial charge is 0.191 e. The zero-order valence-corrected chi connectivity index (χ0v) is 10.9. The molecule has 0 aromatic heterocycles. The number of carbonyl (C=O) groups is 1. The fourth-order valence-electron chi connectivity index (χ4n) is 4.48. The van der Waals surface area contributed by atoms with Crippen LogP contribution < -0.4 is 0 Å². The predicted molar refractivity (Wildman–Crippen MR) is 67.8 cm³/mol. The summed E-state index contributed by atoms with van der Waals surface area (Å²) in [4.78, 5) is 12.2. The van der Waals surface area contributed by atoms with Gasteiger partial charge in [0.15, 0.2) is 11.4 Å². The van der Waals surface area contributed by atoms with E-state index in [0.29, 0.717) is 17.9 Å². The molecule has 4 aliphatic rings. The van der Waals surface area contributed by atoms with E-state index in [4.69, 9.17) is 0 Å². The van der Waals surface area contributed by atoms with Gasteiger partial charge < -0.3 is 10.2 Å². The van der Waals surface area contributed by atoms with Crippen molar-refractivity contribution in [1.29, 1.82) is 0 Å². The van der Waals surface area contributed by atoms with Crippen LogP contribution in [0.5, 0.6) is 0 Å². The highest BCUT2D eigenvalue weighted by Crippen LogP contribution is 2.63. The molecule has 0 unspecified atom stereocenters. The van der Waals surface area contributed by atoms with E-state index in [1.807, 2.05) is 6.92 Å². The van der Waals surface area contributed by atoms with Crippen LogP contribution in [0.3, 0.4) is 0 Å². The summed E-state index contributed by atoms with van der Waals surface area (Å²) in [5, 5.41) is 21.3. The SMILES string of the molecule is C=C1[C@@H](O)[C@]23CC[C@H](C)[C@@H]2C[C@@]1(O)C(=O)C=C3C. The molecule has 0 radical (unpaired) electrons. The van der Waals surface area contributed by atoms with Crippen molar-refractivity contribution >= 4 is 5.78 Å². The van der Waals surface area contributed by atoms with Crippen LogP contribution in [-0.4, -0.2) is 27.7 Å². The monoisotopic (exact) mass is 248 g/mol. The Hall–Kier alpha value is -0.930. The van der Waals surface area contributed by atoms with Crippen molar-refractivity contribution in [1.82, 2.24) is 0 Å². The van der Waals surface area contributed by atoms with Crippen LogP contribution in [-0.2, 0) is 4.79 Å². The minimum absolute atomic E-state index is 0.172. The van der Waals surface area contributed by atoms with Crippen LogP contribution in [0.2, 0.25) is 0 Å². The highest BCUT2D eigenvalue weighted by Gasteiger charge is 2.64. The number of hydrogen-bond acceptors (Lipinski definition) is 3. The van der Waals surface area contributed by atoms with Gasteiger partial charge in [-0.3, -0.25) is 4.79 Å². The Balaban J connectivity index is 2.26. The lowest BCUT2D eigenvalue weighted by atomic mass is 9.57. The van der Waals surface area contributed by atoms with Crippen molar-refractivity contribution < 1.29 is 15.0 Å². The first kappa shape index (κ1) is 12.1. The second kappa shape index (κ2) is 3.34. The molecular weight excluding hydrogens is 228 g/mol. The second-order valence-electron chi connectivity index (χ2n) is 6.35. The van der Waals surface area contributed by atoms with Gasteiger partial charge in [-0.15, -0.1) is 0 Å². The summed E-state index contributed by atoms with van der Waals surface area (Å²) in [5.41, 5.74) is -0.700. The third kappa shape index (κ3) is 1.10. The zero-order valence-electron chi connectivity index (χ0n) is 10.9. The van der Waals surface area contributed by atoms with E-state index >= 15 is 0 Å². The highest BCUT2D eigenvalue weighted by molar-refractivity contribution is 6.01. The average molecular weight is 248 g/mol. The minimum atomic E-state index is -1.55. The molecule has 0 aromatic carbocycles. The van der Waals surface area contributed by atoms with Crippen molar-refractivity contribution in [3.63, 3.8) is 0 Å². The van der Waals surface area contributed by atoms with Crippen LogP contribution in [0.4, 0.5) is 0 Å². The molecule has 0 aliphatic heterocycles. The number of fused-ring (bicyclic) bond motifs is 2. The van der Waals surface area contributed by atoms with E-state index in [2.05, 4.69) is 13.5 Å². The van der Waals surface area contributed by atoms with Gasteiger partial charge in [0.1, 0.15) is 0 Å². The van der Waals surface area contributed by atoms with Crippen LogP contribution >= 0.6 is 0 Å². The molecule has 4 aliphatic carbocycles. The van der Waals surface area contributed by atoms with Crippen molar-refractivity contribution in [2.24, 2.45) is 17.3 Å². The number of hydrogen-bond donors (Lipinski definition) is 2. The third-order valence-corrected chi connectivity index (χ3v) is 5.72. The largest absolute Gasteiger partial charge is 0.388 e. The topological polar surface area (TPSA) is 57.5 Å². The lowest BCUT2D eigenvalue weighted by Gasteiger charge is -2.49. The summed E-state index contributed by atoms with van der Waals surface area (Å²) in [6.45, 7) is 7.88. The molecule has 2 bridgehead atoms. The molecule has 18 heavy (non-hydrogen) atoms. The summed E-state index contributed by atoms with van der Waals surface area (Å²) in [5.74, 6) is 0.293. The minimum Gasteiger partial charge on any atom is -0.388 e. The van der Waals surface area contributed by atoms with Gasteiger partial charge in [-0.1, -0.05) is 19.1 Å². The molecule has 5 atom stereocenters. The molecular formula is C15H20O3. The van der Waals surface area contributed by atoms with Crippen LogP contribution in [0.1, 0.15) is 33.1 Å². The van der Waals surface area contributed by atoms with E-state index in [9.17, 15) is 15.0 Å². The molecule has 98 valence electrons. The lowest BCUT2D eigenvalue weighted by molar-refractivity contribution is -0.137. The van der Waals surface area contributed by atoms with E-state index in [1.165, 1.54) is 0 Å². The maximum Gasteiger partial charge on any atom is 0.191 e. The maximum atomic E-state index is 12.2. The first-order valence-electron chi connectivity index (χ1n) is 6.67. The molecule has 0 aromatic rings. The van der Waals surface area contributed by atoms with Crippen molar-refractivity contribution in [2.45, 2.75) is 44.8 Å². The van der Waals surface area contributed by atoms with Crippen LogP contribution in [0.15, 0.2) is 23.8 Å². The second-order valence-corrected chi connectivity index (χ2v) is 6.35. The summed E-state index contributed by atoms with van der Waals surface area (Å²) in [6.07, 6.45) is 3.07. The summed E-state index contributed by atoms with van der Waals surface area (Å²) in [7, 11) is 0. The summed E-state index contributed by atoms with van der Waals surface area (Å²) < 4.78 is 0. The Bertz CT molecular complexity index is 478. The van der Waals surface area contributed by atoms with Gasteiger partial charge in [0.2, 0.25) is 0 Å². The Kier molecular flexibility index (Phi) is 2.25. The molecule has 2 fully saturated rings. The van der Waals surface area contributed by atoms with Gasteiger partial charge >= 0.3 is 0 Å². The Morgan fingerprint density at radius 1 is 1.50 bits per heavy atom. The van der Waals surface area contributed by atoms with Gasteiger partial charge in [0.25, 0.3) is 0 Å². The molecule has 1 spiro atoms. The van der Waals surface area contributed by atoms with Gasteiger partial charge in [-0.05, 0) is 49.7 Å². The Morgan fingerprint density at radius 2 is 2.17 bits per heavy atom. The number of aliphatic hydroxyl groups is 2. The highest BCUT2D eigenvalue weighted by atomic mass is 16.3.